The summed E-state index contributed by atoms with van der Waals surface area (Å²) >= 11 is 0. The van der Waals surface area contributed by atoms with Crippen molar-refractivity contribution < 1.29 is 9.59 Å². The SMILES string of the molecule is CC(=O)c1ccc(Nc2ccnc(C(=O)NC(C)c3ccccc3)c2)cc1. The molecule has 1 unspecified atom stereocenters. The number of aromatic nitrogens is 1. The molecule has 1 amide bonds. The van der Waals surface area contributed by atoms with Crippen molar-refractivity contribution in [1.29, 1.82) is 0 Å². The van der Waals surface area contributed by atoms with Crippen molar-refractivity contribution in [2.75, 3.05) is 5.32 Å². The second kappa shape index (κ2) is 8.27. The number of pyridine rings is 1. The van der Waals surface area contributed by atoms with Crippen molar-refractivity contribution in [3.05, 3.63) is 89.7 Å². The Morgan fingerprint density at radius 1 is 0.926 bits per heavy atom. The van der Waals surface area contributed by atoms with E-state index in [1.807, 2.05) is 49.4 Å². The monoisotopic (exact) mass is 359 g/mol. The first-order chi connectivity index (χ1) is 13.0. The van der Waals surface area contributed by atoms with Gasteiger partial charge in [-0.25, -0.2) is 0 Å². The Morgan fingerprint density at radius 3 is 2.30 bits per heavy atom. The largest absolute Gasteiger partial charge is 0.355 e. The molecule has 2 aromatic carbocycles. The number of nitrogens with zero attached hydrogens (tertiary/aromatic N) is 1. The molecule has 5 nitrogen and oxygen atoms in total. The molecule has 0 aliphatic rings. The highest BCUT2D eigenvalue weighted by atomic mass is 16.2. The molecule has 2 N–H and O–H groups in total. The number of hydrogen-bond donors (Lipinski definition) is 2. The zero-order valence-corrected chi connectivity index (χ0v) is 15.3. The van der Waals surface area contributed by atoms with Gasteiger partial charge in [0.05, 0.1) is 6.04 Å². The standard InChI is InChI=1S/C22H21N3O2/c1-15(17-6-4-3-5-7-17)24-22(27)21-14-20(12-13-23-21)25-19-10-8-18(9-11-19)16(2)26/h3-15H,1-2H3,(H,23,25)(H,24,27). The number of ketones is 1. The second-order valence-corrected chi connectivity index (χ2v) is 6.29. The number of amides is 1. The number of nitrogens with one attached hydrogen (secondary N) is 2. The number of carbonyl (C=O) groups is 2. The summed E-state index contributed by atoms with van der Waals surface area (Å²) < 4.78 is 0. The van der Waals surface area contributed by atoms with Gasteiger partial charge in [0.2, 0.25) is 0 Å². The van der Waals surface area contributed by atoms with E-state index in [-0.39, 0.29) is 17.7 Å². The van der Waals surface area contributed by atoms with E-state index in [2.05, 4.69) is 15.6 Å². The minimum absolute atomic E-state index is 0.0250. The summed E-state index contributed by atoms with van der Waals surface area (Å²) in [7, 11) is 0. The Balaban J connectivity index is 1.69. The molecule has 3 aromatic rings. The van der Waals surface area contributed by atoms with E-state index in [1.165, 1.54) is 6.92 Å². The van der Waals surface area contributed by atoms with Crippen LogP contribution < -0.4 is 10.6 Å². The minimum Gasteiger partial charge on any atom is -0.355 e. The van der Waals surface area contributed by atoms with Crippen LogP contribution in [0.3, 0.4) is 0 Å². The predicted octanol–water partition coefficient (Wildman–Crippen LogP) is 4.52. The number of Topliss-reactive ketones (excluding diaryl/α,β-unsaturated/α-hetero) is 1. The molecule has 3 rings (SSSR count). The van der Waals surface area contributed by atoms with E-state index in [9.17, 15) is 9.59 Å². The average molecular weight is 359 g/mol. The molecule has 0 spiro atoms. The van der Waals surface area contributed by atoms with E-state index < -0.39 is 0 Å². The van der Waals surface area contributed by atoms with Crippen LogP contribution in [-0.4, -0.2) is 16.7 Å². The van der Waals surface area contributed by atoms with Gasteiger partial charge in [-0.15, -0.1) is 0 Å². The zero-order valence-electron chi connectivity index (χ0n) is 15.3. The maximum atomic E-state index is 12.5. The summed E-state index contributed by atoms with van der Waals surface area (Å²) in [6.07, 6.45) is 1.59. The van der Waals surface area contributed by atoms with Crippen LogP contribution in [0.25, 0.3) is 0 Å². The van der Waals surface area contributed by atoms with E-state index >= 15 is 0 Å². The number of hydrogen-bond acceptors (Lipinski definition) is 4. The highest BCUT2D eigenvalue weighted by Crippen LogP contribution is 2.18. The van der Waals surface area contributed by atoms with Crippen molar-refractivity contribution in [1.82, 2.24) is 10.3 Å². The molecule has 0 radical (unpaired) electrons. The third-order valence-electron chi connectivity index (χ3n) is 4.22. The van der Waals surface area contributed by atoms with Gasteiger partial charge in [-0.3, -0.25) is 14.6 Å². The van der Waals surface area contributed by atoms with E-state index in [0.717, 1.165) is 16.9 Å². The van der Waals surface area contributed by atoms with Crippen LogP contribution in [0.2, 0.25) is 0 Å². The number of anilines is 2. The number of rotatable bonds is 6. The lowest BCUT2D eigenvalue weighted by Crippen LogP contribution is -2.27. The molecule has 0 fully saturated rings. The van der Waals surface area contributed by atoms with Crippen molar-refractivity contribution in [2.45, 2.75) is 19.9 Å². The third kappa shape index (κ3) is 4.79. The van der Waals surface area contributed by atoms with Crippen molar-refractivity contribution in [3.8, 4) is 0 Å². The molecule has 1 heterocycles. The maximum Gasteiger partial charge on any atom is 0.270 e. The third-order valence-corrected chi connectivity index (χ3v) is 4.22. The van der Waals surface area contributed by atoms with E-state index in [4.69, 9.17) is 0 Å². The molecule has 0 saturated carbocycles. The van der Waals surface area contributed by atoms with Crippen LogP contribution in [0.4, 0.5) is 11.4 Å². The molecule has 1 aromatic heterocycles. The second-order valence-electron chi connectivity index (χ2n) is 6.29. The number of benzene rings is 2. The lowest BCUT2D eigenvalue weighted by atomic mass is 10.1. The van der Waals surface area contributed by atoms with Gasteiger partial charge in [0.15, 0.2) is 5.78 Å². The fraction of sp³-hybridized carbons (Fsp3) is 0.136. The molecular formula is C22H21N3O2. The fourth-order valence-electron chi connectivity index (χ4n) is 2.68. The molecule has 0 aliphatic carbocycles. The molecule has 0 bridgehead atoms. The topological polar surface area (TPSA) is 71.1 Å². The van der Waals surface area contributed by atoms with Crippen molar-refractivity contribution in [2.24, 2.45) is 0 Å². The lowest BCUT2D eigenvalue weighted by molar-refractivity contribution is 0.0934. The quantitative estimate of drug-likeness (QED) is 0.635. The van der Waals surface area contributed by atoms with Gasteiger partial charge < -0.3 is 10.6 Å². The van der Waals surface area contributed by atoms with Gasteiger partial charge in [-0.05, 0) is 55.8 Å². The molecule has 27 heavy (non-hydrogen) atoms. The van der Waals surface area contributed by atoms with Crippen LogP contribution in [-0.2, 0) is 0 Å². The Morgan fingerprint density at radius 2 is 1.63 bits per heavy atom. The molecule has 0 aliphatic heterocycles. The van der Waals surface area contributed by atoms with Gasteiger partial charge in [0.25, 0.3) is 5.91 Å². The first kappa shape index (κ1) is 18.3. The van der Waals surface area contributed by atoms with E-state index in [1.54, 1.807) is 30.5 Å². The Kier molecular flexibility index (Phi) is 5.61. The zero-order chi connectivity index (χ0) is 19.2. The van der Waals surface area contributed by atoms with Gasteiger partial charge in [-0.1, -0.05) is 30.3 Å². The summed E-state index contributed by atoms with van der Waals surface area (Å²) in [5.41, 5.74) is 3.60. The summed E-state index contributed by atoms with van der Waals surface area (Å²) in [6.45, 7) is 3.47. The predicted molar refractivity (Wildman–Crippen MR) is 106 cm³/mol. The van der Waals surface area contributed by atoms with Crippen LogP contribution >= 0.6 is 0 Å². The van der Waals surface area contributed by atoms with Crippen molar-refractivity contribution in [3.63, 3.8) is 0 Å². The first-order valence-corrected chi connectivity index (χ1v) is 8.73. The van der Waals surface area contributed by atoms with Crippen molar-refractivity contribution >= 4 is 23.1 Å². The molecule has 5 heteroatoms. The van der Waals surface area contributed by atoms with Crippen LogP contribution in [0.1, 0.15) is 46.3 Å². The molecule has 136 valence electrons. The normalized spacial score (nSPS) is 11.5. The highest BCUT2D eigenvalue weighted by Gasteiger charge is 2.13. The minimum atomic E-state index is -0.234. The van der Waals surface area contributed by atoms with Crippen LogP contribution in [0.15, 0.2) is 72.9 Å². The Hall–Kier alpha value is -3.47. The lowest BCUT2D eigenvalue weighted by Gasteiger charge is -2.14. The number of carbonyl (C=O) groups excluding carboxylic acids is 2. The molecule has 0 saturated heterocycles. The summed E-state index contributed by atoms with van der Waals surface area (Å²) in [6, 6.07) is 20.3. The smallest absolute Gasteiger partial charge is 0.270 e. The first-order valence-electron chi connectivity index (χ1n) is 8.73. The summed E-state index contributed by atoms with van der Waals surface area (Å²) in [4.78, 5) is 28.0. The average Bonchev–Trinajstić information content (AvgIpc) is 2.69. The summed E-state index contributed by atoms with van der Waals surface area (Å²) in [5, 5.41) is 6.18. The van der Waals surface area contributed by atoms with Crippen LogP contribution in [0, 0.1) is 0 Å². The van der Waals surface area contributed by atoms with Gasteiger partial charge in [0.1, 0.15) is 5.69 Å². The van der Waals surface area contributed by atoms with E-state index in [0.29, 0.717) is 11.3 Å². The van der Waals surface area contributed by atoms with Gasteiger partial charge >= 0.3 is 0 Å². The Bertz CT molecular complexity index is 937. The highest BCUT2D eigenvalue weighted by molar-refractivity contribution is 5.95. The van der Waals surface area contributed by atoms with Crippen LogP contribution in [0.5, 0.6) is 0 Å². The molecule has 1 atom stereocenters. The van der Waals surface area contributed by atoms with Gasteiger partial charge in [-0.2, -0.15) is 0 Å². The maximum absolute atomic E-state index is 12.5. The van der Waals surface area contributed by atoms with Gasteiger partial charge in [0, 0.05) is 23.1 Å². The summed E-state index contributed by atoms with van der Waals surface area (Å²) in [5.74, 6) is -0.209. The molecular weight excluding hydrogens is 338 g/mol. The fourth-order valence-corrected chi connectivity index (χ4v) is 2.68. The Labute approximate surface area is 158 Å².